The van der Waals surface area contributed by atoms with Crippen molar-refractivity contribution in [2.45, 2.75) is 66.2 Å². The molecule has 146 valence electrons. The van der Waals surface area contributed by atoms with Gasteiger partial charge in [0.25, 0.3) is 0 Å². The maximum absolute atomic E-state index is 12.8. The van der Waals surface area contributed by atoms with Gasteiger partial charge in [0.1, 0.15) is 11.6 Å². The molecule has 0 aromatic heterocycles. The summed E-state index contributed by atoms with van der Waals surface area (Å²) in [6.45, 7) is 7.70. The van der Waals surface area contributed by atoms with E-state index in [1.54, 1.807) is 0 Å². The van der Waals surface area contributed by atoms with Crippen molar-refractivity contribution in [2.24, 2.45) is 23.7 Å². The van der Waals surface area contributed by atoms with Gasteiger partial charge in [0.05, 0.1) is 7.11 Å². The van der Waals surface area contributed by atoms with Gasteiger partial charge in [-0.15, -0.1) is 0 Å². The normalized spacial score (nSPS) is 27.1. The molecule has 0 amide bonds. The maximum atomic E-state index is 12.8. The first kappa shape index (κ1) is 22.3. The first-order valence-electron chi connectivity index (χ1n) is 9.52. The molecule has 0 aromatic rings. The van der Waals surface area contributed by atoms with E-state index in [0.717, 1.165) is 19.3 Å². The third-order valence-electron chi connectivity index (χ3n) is 5.22. The molecule has 0 unspecified atom stereocenters. The number of hydrogen-bond donors (Lipinski definition) is 0. The van der Waals surface area contributed by atoms with Crippen molar-refractivity contribution in [1.82, 2.24) is 0 Å². The number of hydrogen-bond acceptors (Lipinski definition) is 5. The van der Waals surface area contributed by atoms with E-state index in [4.69, 9.17) is 4.74 Å². The predicted molar refractivity (Wildman–Crippen MR) is 99.5 cm³/mol. The van der Waals surface area contributed by atoms with Crippen LogP contribution in [0, 0.1) is 23.7 Å². The monoisotopic (exact) mass is 364 g/mol. The fourth-order valence-corrected chi connectivity index (χ4v) is 3.40. The Hall–Kier alpha value is -1.78. The minimum atomic E-state index is -0.659. The first-order valence-corrected chi connectivity index (χ1v) is 9.52. The summed E-state index contributed by atoms with van der Waals surface area (Å²) < 4.78 is 4.74. The van der Waals surface area contributed by atoms with Gasteiger partial charge < -0.3 is 4.74 Å². The van der Waals surface area contributed by atoms with E-state index < -0.39 is 11.9 Å². The van der Waals surface area contributed by atoms with Crippen molar-refractivity contribution in [3.8, 4) is 0 Å². The molecule has 0 spiro atoms. The molecule has 1 aliphatic rings. The van der Waals surface area contributed by atoms with E-state index in [1.807, 2.05) is 27.7 Å². The molecular weight excluding hydrogens is 332 g/mol. The number of carbonyl (C=O) groups excluding carboxylic acids is 4. The third kappa shape index (κ3) is 6.85. The van der Waals surface area contributed by atoms with E-state index in [1.165, 1.54) is 13.2 Å². The third-order valence-corrected chi connectivity index (χ3v) is 5.22. The molecule has 3 atom stereocenters. The zero-order valence-electron chi connectivity index (χ0n) is 16.7. The second-order valence-corrected chi connectivity index (χ2v) is 7.93. The number of ether oxygens (including phenoxy) is 1. The Morgan fingerprint density at radius 2 is 1.73 bits per heavy atom. The smallest absolute Gasteiger partial charge is 0.334 e. The SMILES string of the molecule is COC(=O)C1=CC(=O)C[C@@H](C)CCC[C@@H](C)C(=O)C[C@@H](C(C)C)C(=O)C1. The Bertz CT molecular complexity index is 573. The van der Waals surface area contributed by atoms with Crippen molar-refractivity contribution in [3.05, 3.63) is 11.6 Å². The van der Waals surface area contributed by atoms with E-state index in [0.29, 0.717) is 6.42 Å². The van der Waals surface area contributed by atoms with E-state index in [9.17, 15) is 19.2 Å². The van der Waals surface area contributed by atoms with Crippen LogP contribution in [0.3, 0.4) is 0 Å². The van der Waals surface area contributed by atoms with Crippen LogP contribution in [0.5, 0.6) is 0 Å². The summed E-state index contributed by atoms with van der Waals surface area (Å²) in [5.41, 5.74) is 0.0814. The molecule has 0 bridgehead atoms. The number of esters is 1. The zero-order valence-corrected chi connectivity index (χ0v) is 16.7. The largest absolute Gasteiger partial charge is 0.466 e. The van der Waals surface area contributed by atoms with Crippen LogP contribution in [0.1, 0.15) is 66.2 Å². The molecule has 0 fully saturated rings. The van der Waals surface area contributed by atoms with E-state index in [2.05, 4.69) is 0 Å². The lowest BCUT2D eigenvalue weighted by Crippen LogP contribution is -2.27. The number of methoxy groups -OCH3 is 1. The molecule has 26 heavy (non-hydrogen) atoms. The van der Waals surface area contributed by atoms with Gasteiger partial charge in [0, 0.05) is 36.7 Å². The predicted octanol–water partition coefficient (Wildman–Crippen LogP) is 3.69. The van der Waals surface area contributed by atoms with Crippen LogP contribution in [0.2, 0.25) is 0 Å². The molecular formula is C21H32O5. The van der Waals surface area contributed by atoms with Crippen LogP contribution in [0.15, 0.2) is 11.6 Å². The highest BCUT2D eigenvalue weighted by atomic mass is 16.5. The topological polar surface area (TPSA) is 77.5 Å². The highest BCUT2D eigenvalue weighted by Gasteiger charge is 2.29. The van der Waals surface area contributed by atoms with Crippen molar-refractivity contribution in [1.29, 1.82) is 0 Å². The van der Waals surface area contributed by atoms with Crippen molar-refractivity contribution in [2.75, 3.05) is 7.11 Å². The molecule has 0 saturated heterocycles. The number of allylic oxidation sites excluding steroid dienone is 1. The Balaban J connectivity index is 3.17. The zero-order chi connectivity index (χ0) is 19.9. The molecule has 0 aliphatic heterocycles. The summed E-state index contributed by atoms with van der Waals surface area (Å²) in [6, 6.07) is 0. The minimum absolute atomic E-state index is 0.0128. The highest BCUT2D eigenvalue weighted by molar-refractivity contribution is 6.03. The number of rotatable bonds is 2. The fourth-order valence-electron chi connectivity index (χ4n) is 3.40. The summed E-state index contributed by atoms with van der Waals surface area (Å²) in [5, 5.41) is 0. The van der Waals surface area contributed by atoms with E-state index >= 15 is 0 Å². The Morgan fingerprint density at radius 1 is 1.08 bits per heavy atom. The van der Waals surface area contributed by atoms with Crippen LogP contribution < -0.4 is 0 Å². The van der Waals surface area contributed by atoms with Gasteiger partial charge in [-0.2, -0.15) is 0 Å². The summed E-state index contributed by atoms with van der Waals surface area (Å²) in [5.74, 6) is -1.29. The van der Waals surface area contributed by atoms with Crippen LogP contribution in [-0.2, 0) is 23.9 Å². The van der Waals surface area contributed by atoms with Crippen LogP contribution in [0.4, 0.5) is 0 Å². The van der Waals surface area contributed by atoms with Gasteiger partial charge in [-0.05, 0) is 24.3 Å². The average Bonchev–Trinajstić information content (AvgIpc) is 2.56. The Labute approximate surface area is 156 Å². The van der Waals surface area contributed by atoms with Gasteiger partial charge in [-0.25, -0.2) is 4.79 Å². The molecule has 0 aromatic carbocycles. The molecule has 0 saturated carbocycles. The molecule has 1 rings (SSSR count). The number of ketones is 3. The van der Waals surface area contributed by atoms with Crippen molar-refractivity contribution < 1.29 is 23.9 Å². The molecule has 5 nitrogen and oxygen atoms in total. The van der Waals surface area contributed by atoms with Gasteiger partial charge in [0.15, 0.2) is 5.78 Å². The summed E-state index contributed by atoms with van der Waals surface area (Å²) >= 11 is 0. The lowest BCUT2D eigenvalue weighted by Gasteiger charge is -2.22. The van der Waals surface area contributed by atoms with Crippen LogP contribution >= 0.6 is 0 Å². The Morgan fingerprint density at radius 3 is 2.31 bits per heavy atom. The highest BCUT2D eigenvalue weighted by Crippen LogP contribution is 2.25. The molecule has 5 heteroatoms. The van der Waals surface area contributed by atoms with Crippen molar-refractivity contribution in [3.63, 3.8) is 0 Å². The quantitative estimate of drug-likeness (QED) is 0.698. The van der Waals surface area contributed by atoms with Gasteiger partial charge in [-0.1, -0.05) is 40.5 Å². The Kier molecular flexibility index (Phi) is 8.89. The lowest BCUT2D eigenvalue weighted by atomic mass is 9.81. The molecule has 0 N–H and O–H groups in total. The summed E-state index contributed by atoms with van der Waals surface area (Å²) in [4.78, 5) is 49.6. The standard InChI is InChI=1S/C21H32O5/c1-13(2)18-12-19(23)15(4)8-6-7-14(3)9-17(22)10-16(11-20(18)24)21(25)26-5/h10,13-15,18H,6-9,11-12H2,1-5H3/t14-,15+,18-/m0/s1. The lowest BCUT2D eigenvalue weighted by molar-refractivity contribution is -0.138. The van der Waals surface area contributed by atoms with Gasteiger partial charge >= 0.3 is 5.97 Å². The van der Waals surface area contributed by atoms with Gasteiger partial charge in [-0.3, -0.25) is 14.4 Å². The number of Topliss-reactive ketones (excluding diaryl/α,β-unsaturated/α-hetero) is 2. The van der Waals surface area contributed by atoms with Crippen molar-refractivity contribution >= 4 is 23.3 Å². The molecule has 1 aliphatic carbocycles. The van der Waals surface area contributed by atoms with E-state index in [-0.39, 0.29) is 53.5 Å². The second-order valence-electron chi connectivity index (χ2n) is 7.93. The van der Waals surface area contributed by atoms with Crippen LogP contribution in [-0.4, -0.2) is 30.4 Å². The summed E-state index contributed by atoms with van der Waals surface area (Å²) in [6.07, 6.45) is 4.11. The van der Waals surface area contributed by atoms with Crippen LogP contribution in [0.25, 0.3) is 0 Å². The molecule has 0 radical (unpaired) electrons. The first-order chi connectivity index (χ1) is 12.1. The molecule has 0 heterocycles. The number of carbonyl (C=O) groups is 4. The van der Waals surface area contributed by atoms with Gasteiger partial charge in [0.2, 0.25) is 0 Å². The minimum Gasteiger partial charge on any atom is -0.466 e. The second kappa shape index (κ2) is 10.4. The fraction of sp³-hybridized carbons (Fsp3) is 0.714. The average molecular weight is 364 g/mol. The summed E-state index contributed by atoms with van der Waals surface area (Å²) in [7, 11) is 1.23. The maximum Gasteiger partial charge on any atom is 0.334 e.